The first-order valence-corrected chi connectivity index (χ1v) is 6.76. The van der Waals surface area contributed by atoms with Gasteiger partial charge in [0.2, 0.25) is 5.91 Å². The number of amides is 1. The van der Waals surface area contributed by atoms with Crippen LogP contribution in [0.3, 0.4) is 0 Å². The van der Waals surface area contributed by atoms with Gasteiger partial charge in [0.25, 0.3) is 0 Å². The molecule has 4 heteroatoms. The molecule has 1 rings (SSSR count). The summed E-state index contributed by atoms with van der Waals surface area (Å²) in [7, 11) is 3.98. The van der Waals surface area contributed by atoms with Gasteiger partial charge < -0.3 is 15.5 Å². The molecule has 4 nitrogen and oxygen atoms in total. The van der Waals surface area contributed by atoms with E-state index in [1.807, 2.05) is 7.05 Å². The van der Waals surface area contributed by atoms with Crippen molar-refractivity contribution in [2.45, 2.75) is 32.1 Å². The Hall–Kier alpha value is -0.610. The third-order valence-electron chi connectivity index (χ3n) is 3.63. The van der Waals surface area contributed by atoms with Gasteiger partial charge in [-0.25, -0.2) is 0 Å². The zero-order valence-corrected chi connectivity index (χ0v) is 11.3. The summed E-state index contributed by atoms with van der Waals surface area (Å²) in [6.45, 7) is 3.46. The highest BCUT2D eigenvalue weighted by atomic mass is 16.2. The molecule has 0 radical (unpaired) electrons. The van der Waals surface area contributed by atoms with Gasteiger partial charge >= 0.3 is 0 Å². The fourth-order valence-corrected chi connectivity index (χ4v) is 2.14. The number of carbonyl (C=O) groups is 1. The van der Waals surface area contributed by atoms with Gasteiger partial charge in [-0.15, -0.1) is 0 Å². The quantitative estimate of drug-likeness (QED) is 0.687. The Bertz CT molecular complexity index is 229. The van der Waals surface area contributed by atoms with Gasteiger partial charge in [-0.3, -0.25) is 4.79 Å². The predicted octanol–water partition coefficient (Wildman–Crippen LogP) is 0.916. The second kappa shape index (κ2) is 7.67. The normalized spacial score (nSPS) is 16.0. The summed E-state index contributed by atoms with van der Waals surface area (Å²) >= 11 is 0. The summed E-state index contributed by atoms with van der Waals surface area (Å²) in [4.78, 5) is 15.9. The van der Waals surface area contributed by atoms with Gasteiger partial charge in [-0.1, -0.05) is 6.42 Å². The van der Waals surface area contributed by atoms with E-state index in [0.29, 0.717) is 13.0 Å². The van der Waals surface area contributed by atoms with E-state index in [9.17, 15) is 4.79 Å². The monoisotopic (exact) mass is 241 g/mol. The highest BCUT2D eigenvalue weighted by molar-refractivity contribution is 5.76. The zero-order valence-electron chi connectivity index (χ0n) is 11.3. The van der Waals surface area contributed by atoms with E-state index in [1.165, 1.54) is 19.3 Å². The Morgan fingerprint density at radius 3 is 2.53 bits per heavy atom. The molecule has 0 unspecified atom stereocenters. The molecule has 0 aromatic heterocycles. The number of nitrogens with zero attached hydrogens (tertiary/aromatic N) is 2. The molecule has 1 amide bonds. The van der Waals surface area contributed by atoms with Gasteiger partial charge in [0.1, 0.15) is 0 Å². The second-order valence-corrected chi connectivity index (χ2v) is 5.27. The minimum atomic E-state index is 0.235. The average molecular weight is 241 g/mol. The maximum Gasteiger partial charge on any atom is 0.223 e. The van der Waals surface area contributed by atoms with Gasteiger partial charge in [-0.2, -0.15) is 0 Å². The van der Waals surface area contributed by atoms with Crippen LogP contribution in [0.1, 0.15) is 32.1 Å². The Labute approximate surface area is 105 Å². The lowest BCUT2D eigenvalue weighted by Gasteiger charge is -2.30. The lowest BCUT2D eigenvalue weighted by molar-refractivity contribution is -0.130. The molecule has 0 saturated heterocycles. The van der Waals surface area contributed by atoms with Gasteiger partial charge in [0.15, 0.2) is 0 Å². The first-order chi connectivity index (χ1) is 8.13. The molecule has 2 N–H and O–H groups in total. The largest absolute Gasteiger partial charge is 0.346 e. The van der Waals surface area contributed by atoms with Crippen LogP contribution in [-0.4, -0.2) is 56.0 Å². The SMILES string of the molecule is CN(CCC(=O)N(C)CCCN)CC1CCC1. The average Bonchev–Trinajstić information content (AvgIpc) is 2.27. The Morgan fingerprint density at radius 1 is 1.29 bits per heavy atom. The van der Waals surface area contributed by atoms with Crippen molar-refractivity contribution in [2.75, 3.05) is 40.3 Å². The van der Waals surface area contributed by atoms with Crippen molar-refractivity contribution in [3.05, 3.63) is 0 Å². The van der Waals surface area contributed by atoms with E-state index < -0.39 is 0 Å². The van der Waals surface area contributed by atoms with Gasteiger partial charge in [-0.05, 0) is 38.8 Å². The Balaban J connectivity index is 2.08. The van der Waals surface area contributed by atoms with Crippen molar-refractivity contribution in [1.29, 1.82) is 0 Å². The van der Waals surface area contributed by atoms with Crippen molar-refractivity contribution in [3.8, 4) is 0 Å². The molecular formula is C13H27N3O. The topological polar surface area (TPSA) is 49.6 Å². The molecule has 1 aliphatic carbocycles. The van der Waals surface area contributed by atoms with Crippen LogP contribution in [0.5, 0.6) is 0 Å². The van der Waals surface area contributed by atoms with Gasteiger partial charge in [0.05, 0.1) is 0 Å². The van der Waals surface area contributed by atoms with E-state index in [4.69, 9.17) is 5.73 Å². The molecule has 0 aliphatic heterocycles. The molecule has 1 aliphatic rings. The lowest BCUT2D eigenvalue weighted by atomic mass is 9.85. The Kier molecular flexibility index (Phi) is 6.52. The second-order valence-electron chi connectivity index (χ2n) is 5.27. The van der Waals surface area contributed by atoms with E-state index in [2.05, 4.69) is 11.9 Å². The van der Waals surface area contributed by atoms with Crippen molar-refractivity contribution in [3.63, 3.8) is 0 Å². The van der Waals surface area contributed by atoms with Gasteiger partial charge in [0, 0.05) is 33.1 Å². The van der Waals surface area contributed by atoms with Crippen molar-refractivity contribution in [1.82, 2.24) is 9.80 Å². The van der Waals surface area contributed by atoms with Crippen LogP contribution in [0, 0.1) is 5.92 Å². The summed E-state index contributed by atoms with van der Waals surface area (Å²) in [5.41, 5.74) is 5.43. The van der Waals surface area contributed by atoms with Crippen LogP contribution in [-0.2, 0) is 4.79 Å². The maximum atomic E-state index is 11.8. The number of hydrogen-bond donors (Lipinski definition) is 1. The Morgan fingerprint density at radius 2 is 2.00 bits per heavy atom. The summed E-state index contributed by atoms with van der Waals surface area (Å²) in [5, 5.41) is 0. The summed E-state index contributed by atoms with van der Waals surface area (Å²) in [6.07, 6.45) is 5.65. The number of carbonyl (C=O) groups excluding carboxylic acids is 1. The van der Waals surface area contributed by atoms with E-state index in [1.54, 1.807) is 4.90 Å². The molecule has 0 atom stereocenters. The van der Waals surface area contributed by atoms with E-state index in [0.717, 1.165) is 32.0 Å². The number of hydrogen-bond acceptors (Lipinski definition) is 3. The number of rotatable bonds is 8. The molecule has 0 aromatic carbocycles. The van der Waals surface area contributed by atoms with Crippen LogP contribution in [0.25, 0.3) is 0 Å². The molecule has 100 valence electrons. The van der Waals surface area contributed by atoms with Crippen LogP contribution in [0.4, 0.5) is 0 Å². The highest BCUT2D eigenvalue weighted by Gasteiger charge is 2.19. The third-order valence-corrected chi connectivity index (χ3v) is 3.63. The first kappa shape index (κ1) is 14.5. The molecule has 17 heavy (non-hydrogen) atoms. The summed E-state index contributed by atoms with van der Waals surface area (Å²) in [6, 6.07) is 0. The third kappa shape index (κ3) is 5.50. The number of nitrogens with two attached hydrogens (primary N) is 1. The summed E-state index contributed by atoms with van der Waals surface area (Å²) < 4.78 is 0. The highest BCUT2D eigenvalue weighted by Crippen LogP contribution is 2.26. The molecule has 0 aromatic rings. The smallest absolute Gasteiger partial charge is 0.223 e. The molecule has 0 bridgehead atoms. The minimum Gasteiger partial charge on any atom is -0.346 e. The fourth-order valence-electron chi connectivity index (χ4n) is 2.14. The molecule has 1 saturated carbocycles. The molecule has 0 heterocycles. The van der Waals surface area contributed by atoms with E-state index in [-0.39, 0.29) is 5.91 Å². The van der Waals surface area contributed by atoms with Crippen molar-refractivity contribution < 1.29 is 4.79 Å². The van der Waals surface area contributed by atoms with Crippen molar-refractivity contribution >= 4 is 5.91 Å². The molecule has 1 fully saturated rings. The van der Waals surface area contributed by atoms with Crippen LogP contribution >= 0.6 is 0 Å². The zero-order chi connectivity index (χ0) is 12.7. The minimum absolute atomic E-state index is 0.235. The van der Waals surface area contributed by atoms with Crippen molar-refractivity contribution in [2.24, 2.45) is 11.7 Å². The predicted molar refractivity (Wildman–Crippen MR) is 70.8 cm³/mol. The standard InChI is InChI=1S/C13H27N3O/c1-15(11-12-5-3-6-12)10-7-13(17)16(2)9-4-8-14/h12H,3-11,14H2,1-2H3. The molecule has 0 spiro atoms. The summed E-state index contributed by atoms with van der Waals surface area (Å²) in [5.74, 6) is 1.11. The van der Waals surface area contributed by atoms with Crippen LogP contribution < -0.4 is 5.73 Å². The molecular weight excluding hydrogens is 214 g/mol. The maximum absolute atomic E-state index is 11.8. The van der Waals surface area contributed by atoms with Crippen LogP contribution in [0.15, 0.2) is 0 Å². The van der Waals surface area contributed by atoms with E-state index >= 15 is 0 Å². The lowest BCUT2D eigenvalue weighted by Crippen LogP contribution is -2.34. The van der Waals surface area contributed by atoms with Crippen LogP contribution in [0.2, 0.25) is 0 Å². The first-order valence-electron chi connectivity index (χ1n) is 6.76. The fraction of sp³-hybridized carbons (Fsp3) is 0.923.